The van der Waals surface area contributed by atoms with Crippen molar-refractivity contribution in [2.75, 3.05) is 6.26 Å². The maximum Gasteiger partial charge on any atom is 0.264 e. The van der Waals surface area contributed by atoms with E-state index < -0.39 is 29.1 Å². The fraction of sp³-hybridized carbons (Fsp3) is 0.692. The zero-order valence-corrected chi connectivity index (χ0v) is 11.7. The zero-order chi connectivity index (χ0) is 14.0. The van der Waals surface area contributed by atoms with E-state index in [4.69, 9.17) is 5.73 Å². The lowest BCUT2D eigenvalue weighted by molar-refractivity contribution is -0.132. The van der Waals surface area contributed by atoms with Gasteiger partial charge in [0, 0.05) is 5.41 Å². The number of hydrogen-bond acceptors (Lipinski definition) is 4. The first-order chi connectivity index (χ1) is 9.06. The van der Waals surface area contributed by atoms with Crippen LogP contribution < -0.4 is 5.73 Å². The Kier molecular flexibility index (Phi) is 3.95. The highest BCUT2D eigenvalue weighted by atomic mass is 32.2. The zero-order valence-electron chi connectivity index (χ0n) is 10.9. The molecule has 0 aromatic carbocycles. The number of thioether (sulfide) groups is 1. The van der Waals surface area contributed by atoms with Crippen LogP contribution in [0.3, 0.4) is 0 Å². The Labute approximate surface area is 116 Å². The average molecular weight is 279 g/mol. The normalized spacial score (nSPS) is 29.7. The minimum atomic E-state index is -0.832. The second-order valence-corrected chi connectivity index (χ2v) is 6.01. The Morgan fingerprint density at radius 2 is 2.11 bits per heavy atom. The number of aliphatic imine (C=N–C) groups is 1. The summed E-state index contributed by atoms with van der Waals surface area (Å²) < 4.78 is 0. The minimum absolute atomic E-state index is 0.411. The number of carbonyl (C=O) groups excluding carboxylic acids is 2. The quantitative estimate of drug-likeness (QED) is 0.786. The molecule has 5 nitrogen and oxygen atoms in total. The molecule has 19 heavy (non-hydrogen) atoms. The monoisotopic (exact) mass is 279 g/mol. The van der Waals surface area contributed by atoms with Crippen LogP contribution in [0.2, 0.25) is 0 Å². The van der Waals surface area contributed by atoms with Gasteiger partial charge in [0.1, 0.15) is 5.92 Å². The largest absolute Gasteiger partial charge is 0.369 e. The van der Waals surface area contributed by atoms with Crippen LogP contribution in [0.25, 0.3) is 0 Å². The van der Waals surface area contributed by atoms with Gasteiger partial charge in [0.05, 0.1) is 17.0 Å². The second kappa shape index (κ2) is 5.33. The predicted octanol–water partition coefficient (Wildman–Crippen LogP) is 1.48. The molecule has 0 bridgehead atoms. The molecule has 1 fully saturated rings. The summed E-state index contributed by atoms with van der Waals surface area (Å²) in [6, 6.07) is 2.07. The highest BCUT2D eigenvalue weighted by Gasteiger charge is 2.56. The summed E-state index contributed by atoms with van der Waals surface area (Å²) in [4.78, 5) is 27.9. The lowest BCUT2D eigenvalue weighted by atomic mass is 9.58. The van der Waals surface area contributed by atoms with Gasteiger partial charge in [-0.15, -0.1) is 11.8 Å². The van der Waals surface area contributed by atoms with E-state index in [0.717, 1.165) is 19.3 Å². The Balaban J connectivity index is 2.55. The first kappa shape index (κ1) is 14.1. The molecule has 0 saturated heterocycles. The van der Waals surface area contributed by atoms with Crippen LogP contribution in [0.1, 0.15) is 32.1 Å². The first-order valence-electron chi connectivity index (χ1n) is 6.42. The van der Waals surface area contributed by atoms with Gasteiger partial charge in [0.25, 0.3) is 5.91 Å². The maximum absolute atomic E-state index is 12.1. The van der Waals surface area contributed by atoms with E-state index in [1.807, 2.05) is 0 Å². The van der Waals surface area contributed by atoms with Crippen molar-refractivity contribution in [3.8, 4) is 6.07 Å². The van der Waals surface area contributed by atoms with Gasteiger partial charge >= 0.3 is 0 Å². The molecular formula is C13H17N3O2S. The van der Waals surface area contributed by atoms with Crippen molar-refractivity contribution in [3.05, 3.63) is 0 Å². The van der Waals surface area contributed by atoms with Crippen LogP contribution in [0.4, 0.5) is 0 Å². The number of rotatable bonds is 1. The molecule has 1 heterocycles. The van der Waals surface area contributed by atoms with Crippen molar-refractivity contribution in [1.29, 1.82) is 5.26 Å². The van der Waals surface area contributed by atoms with Crippen molar-refractivity contribution < 1.29 is 9.59 Å². The molecule has 1 aliphatic heterocycles. The standard InChI is InChI=1S/C13H17N3O2S/c1-19-12-9(10(15)17)13(5-3-2-4-6-13)8(7-14)11(18)16-12/h8-9H,2-6H2,1H3,(H2,15,17). The van der Waals surface area contributed by atoms with E-state index in [9.17, 15) is 14.9 Å². The molecule has 0 radical (unpaired) electrons. The van der Waals surface area contributed by atoms with Crippen LogP contribution in [0, 0.1) is 28.6 Å². The Bertz CT molecular complexity index is 475. The van der Waals surface area contributed by atoms with Gasteiger partial charge in [0.15, 0.2) is 0 Å². The number of nitrogens with two attached hydrogens (primary N) is 1. The number of hydrogen-bond donors (Lipinski definition) is 1. The van der Waals surface area contributed by atoms with Crippen molar-refractivity contribution in [1.82, 2.24) is 0 Å². The van der Waals surface area contributed by atoms with Crippen LogP contribution in [0.5, 0.6) is 0 Å². The Hall–Kier alpha value is -1.35. The molecule has 2 aliphatic rings. The second-order valence-electron chi connectivity index (χ2n) is 5.18. The van der Waals surface area contributed by atoms with Crippen LogP contribution >= 0.6 is 11.8 Å². The van der Waals surface area contributed by atoms with E-state index >= 15 is 0 Å². The highest BCUT2D eigenvalue weighted by Crippen LogP contribution is 2.52. The lowest BCUT2D eigenvalue weighted by Gasteiger charge is -2.46. The van der Waals surface area contributed by atoms with Crippen molar-refractivity contribution >= 4 is 28.6 Å². The van der Waals surface area contributed by atoms with Crippen molar-refractivity contribution in [2.45, 2.75) is 32.1 Å². The molecule has 2 N–H and O–H groups in total. The van der Waals surface area contributed by atoms with Gasteiger partial charge in [-0.2, -0.15) is 5.26 Å². The van der Waals surface area contributed by atoms with Gasteiger partial charge in [-0.3, -0.25) is 9.59 Å². The predicted molar refractivity (Wildman–Crippen MR) is 73.3 cm³/mol. The fourth-order valence-electron chi connectivity index (χ4n) is 3.44. The van der Waals surface area contributed by atoms with Crippen LogP contribution in [-0.2, 0) is 9.59 Å². The molecule has 6 heteroatoms. The summed E-state index contributed by atoms with van der Waals surface area (Å²) >= 11 is 1.28. The van der Waals surface area contributed by atoms with E-state index in [1.165, 1.54) is 11.8 Å². The number of nitriles is 1. The topological polar surface area (TPSA) is 96.3 Å². The molecule has 2 amide bonds. The molecule has 1 aliphatic carbocycles. The first-order valence-corrected chi connectivity index (χ1v) is 7.64. The molecule has 1 spiro atoms. The number of primary amides is 1. The molecule has 2 unspecified atom stereocenters. The third-order valence-corrected chi connectivity index (χ3v) is 5.02. The summed E-state index contributed by atoms with van der Waals surface area (Å²) in [5, 5.41) is 9.82. The molecule has 2 rings (SSSR count). The smallest absolute Gasteiger partial charge is 0.264 e. The molecule has 0 aromatic heterocycles. The molecule has 1 saturated carbocycles. The highest BCUT2D eigenvalue weighted by molar-refractivity contribution is 8.13. The number of nitrogens with zero attached hydrogens (tertiary/aromatic N) is 2. The maximum atomic E-state index is 12.1. The summed E-state index contributed by atoms with van der Waals surface area (Å²) in [7, 11) is 0. The fourth-order valence-corrected chi connectivity index (χ4v) is 4.20. The lowest BCUT2D eigenvalue weighted by Crippen LogP contribution is -2.53. The Morgan fingerprint density at radius 1 is 1.47 bits per heavy atom. The summed E-state index contributed by atoms with van der Waals surface area (Å²) in [5.41, 5.74) is 4.92. The van der Waals surface area contributed by atoms with E-state index in [1.54, 1.807) is 6.26 Å². The average Bonchev–Trinajstić information content (AvgIpc) is 2.38. The Morgan fingerprint density at radius 3 is 2.58 bits per heavy atom. The van der Waals surface area contributed by atoms with Crippen LogP contribution in [0.15, 0.2) is 4.99 Å². The molecule has 0 aromatic rings. The summed E-state index contributed by atoms with van der Waals surface area (Å²) in [6.07, 6.45) is 6.11. The van der Waals surface area contributed by atoms with Crippen molar-refractivity contribution in [3.63, 3.8) is 0 Å². The molecule has 2 atom stereocenters. The van der Waals surface area contributed by atoms with E-state index in [0.29, 0.717) is 17.9 Å². The number of amides is 2. The third kappa shape index (κ3) is 2.16. The SMILES string of the molecule is CSC1=NC(=O)C(C#N)C2(CCCCC2)C1C(N)=O. The summed E-state index contributed by atoms with van der Waals surface area (Å²) in [5.74, 6) is -2.31. The van der Waals surface area contributed by atoms with Gasteiger partial charge in [-0.1, -0.05) is 19.3 Å². The summed E-state index contributed by atoms with van der Waals surface area (Å²) in [6.45, 7) is 0. The number of carbonyl (C=O) groups is 2. The molecule has 102 valence electrons. The van der Waals surface area contributed by atoms with E-state index in [-0.39, 0.29) is 0 Å². The third-order valence-electron chi connectivity index (χ3n) is 4.27. The van der Waals surface area contributed by atoms with Gasteiger partial charge in [-0.25, -0.2) is 4.99 Å². The van der Waals surface area contributed by atoms with Gasteiger partial charge in [0.2, 0.25) is 5.91 Å². The van der Waals surface area contributed by atoms with Gasteiger partial charge in [-0.05, 0) is 19.1 Å². The van der Waals surface area contributed by atoms with Gasteiger partial charge < -0.3 is 5.73 Å². The van der Waals surface area contributed by atoms with Crippen molar-refractivity contribution in [2.24, 2.45) is 28.0 Å². The molecular weight excluding hydrogens is 262 g/mol. The minimum Gasteiger partial charge on any atom is -0.369 e. The van der Waals surface area contributed by atoms with Crippen LogP contribution in [-0.4, -0.2) is 23.1 Å². The van der Waals surface area contributed by atoms with E-state index in [2.05, 4.69) is 11.1 Å².